The predicted octanol–water partition coefficient (Wildman–Crippen LogP) is 3.39. The molecule has 0 radical (unpaired) electrons. The molecule has 7 nitrogen and oxygen atoms in total. The maximum atomic E-state index is 6.20. The highest BCUT2D eigenvalue weighted by molar-refractivity contribution is 14.0. The van der Waals surface area contributed by atoms with Crippen LogP contribution in [0.2, 0.25) is 5.02 Å². The van der Waals surface area contributed by atoms with Crippen molar-refractivity contribution >= 4 is 53.3 Å². The van der Waals surface area contributed by atoms with Gasteiger partial charge in [0.1, 0.15) is 11.6 Å². The molecule has 1 aromatic heterocycles. The second kappa shape index (κ2) is 13.1. The zero-order chi connectivity index (χ0) is 19.6. The first-order valence-electron chi connectivity index (χ1n) is 8.73. The van der Waals surface area contributed by atoms with Gasteiger partial charge in [0.15, 0.2) is 11.8 Å². The number of nitrogens with one attached hydrogen (secondary N) is 2. The van der Waals surface area contributed by atoms with Crippen LogP contribution in [0.4, 0.5) is 0 Å². The average molecular weight is 539 g/mol. The Morgan fingerprint density at radius 3 is 2.71 bits per heavy atom. The van der Waals surface area contributed by atoms with Crippen molar-refractivity contribution in [3.05, 3.63) is 40.4 Å². The number of halogens is 2. The third kappa shape index (κ3) is 7.67. The molecule has 0 atom stereocenters. The van der Waals surface area contributed by atoms with Crippen molar-refractivity contribution in [2.45, 2.75) is 26.4 Å². The molecule has 0 unspecified atom stereocenters. The molecule has 2 N–H and O–H groups in total. The fourth-order valence-corrected chi connectivity index (χ4v) is 3.06. The van der Waals surface area contributed by atoms with Gasteiger partial charge in [0.25, 0.3) is 0 Å². The Bertz CT molecular complexity index is 771. The molecule has 1 heterocycles. The molecule has 1 aromatic carbocycles. The number of aliphatic imine (C=N–C) groups is 1. The van der Waals surface area contributed by atoms with Crippen LogP contribution in [-0.2, 0) is 20.1 Å². The van der Waals surface area contributed by atoms with E-state index in [4.69, 9.17) is 16.3 Å². The molecule has 0 aliphatic carbocycles. The van der Waals surface area contributed by atoms with E-state index >= 15 is 0 Å². The molecule has 0 saturated heterocycles. The Balaban J connectivity index is 0.00000392. The molecule has 0 aliphatic heterocycles. The van der Waals surface area contributed by atoms with Crippen LogP contribution in [0, 0.1) is 6.92 Å². The van der Waals surface area contributed by atoms with Gasteiger partial charge in [-0.25, -0.2) is 4.99 Å². The first-order chi connectivity index (χ1) is 13.0. The first kappa shape index (κ1) is 24.8. The molecule has 0 fully saturated rings. The second-order valence-corrected chi connectivity index (χ2v) is 7.38. The van der Waals surface area contributed by atoms with Crippen LogP contribution in [0.3, 0.4) is 0 Å². The van der Waals surface area contributed by atoms with E-state index in [9.17, 15) is 0 Å². The number of aryl methyl sites for hydroxylation is 1. The maximum Gasteiger partial charge on any atom is 0.191 e. The average Bonchev–Trinajstić information content (AvgIpc) is 2.98. The van der Waals surface area contributed by atoms with Crippen molar-refractivity contribution in [3.8, 4) is 5.75 Å². The summed E-state index contributed by atoms with van der Waals surface area (Å²) in [6.07, 6.45) is 3.18. The predicted molar refractivity (Wildman–Crippen MR) is 128 cm³/mol. The summed E-state index contributed by atoms with van der Waals surface area (Å²) in [5, 5.41) is 15.5. The lowest BCUT2D eigenvalue weighted by Gasteiger charge is -2.13. The molecule has 0 saturated carbocycles. The highest BCUT2D eigenvalue weighted by atomic mass is 127. The number of guanidine groups is 1. The van der Waals surface area contributed by atoms with Gasteiger partial charge in [0.05, 0.1) is 25.2 Å². The number of nitrogens with zero attached hydrogens (tertiary/aromatic N) is 4. The lowest BCUT2D eigenvalue weighted by atomic mass is 10.2. The van der Waals surface area contributed by atoms with Gasteiger partial charge in [-0.05, 0) is 43.0 Å². The molecule has 0 aliphatic rings. The van der Waals surface area contributed by atoms with Gasteiger partial charge >= 0.3 is 0 Å². The first-order valence-corrected chi connectivity index (χ1v) is 10.5. The smallest absolute Gasteiger partial charge is 0.191 e. The molecule has 2 rings (SSSR count). The van der Waals surface area contributed by atoms with E-state index in [1.165, 1.54) is 0 Å². The lowest BCUT2D eigenvalue weighted by molar-refractivity contribution is 0.415. The van der Waals surface area contributed by atoms with Crippen molar-refractivity contribution in [3.63, 3.8) is 0 Å². The number of ether oxygens (including phenoxy) is 1. The second-order valence-electron chi connectivity index (χ2n) is 5.98. The number of hydrogen-bond acceptors (Lipinski definition) is 5. The van der Waals surface area contributed by atoms with Crippen molar-refractivity contribution in [1.82, 2.24) is 25.4 Å². The van der Waals surface area contributed by atoms with E-state index in [2.05, 4.69) is 32.1 Å². The summed E-state index contributed by atoms with van der Waals surface area (Å²) in [5.41, 5.74) is 1.01. The Morgan fingerprint density at radius 1 is 1.32 bits per heavy atom. The number of thioether (sulfide) groups is 1. The number of hydrogen-bond donors (Lipinski definition) is 2. The molecular formula is C18H28ClIN6OS. The number of methoxy groups -OCH3 is 1. The largest absolute Gasteiger partial charge is 0.495 e. The Kier molecular flexibility index (Phi) is 11.6. The van der Waals surface area contributed by atoms with Crippen molar-refractivity contribution in [2.24, 2.45) is 12.0 Å². The molecule has 0 spiro atoms. The summed E-state index contributed by atoms with van der Waals surface area (Å²) in [6, 6.07) is 5.70. The normalized spacial score (nSPS) is 11.1. The van der Waals surface area contributed by atoms with Gasteiger partial charge in [-0.2, -0.15) is 11.8 Å². The summed E-state index contributed by atoms with van der Waals surface area (Å²) in [7, 11) is 3.56. The molecule has 0 amide bonds. The van der Waals surface area contributed by atoms with E-state index in [-0.39, 0.29) is 24.0 Å². The standard InChI is InChI=1S/C18H27ClN6OS.HI/c1-13-23-24-17(25(13)2)12-22-18(20-8-5-9-27-4)21-11-14-6-7-16(26-3)15(19)10-14;/h6-7,10H,5,8-9,11-12H2,1-4H3,(H2,20,21,22);1H. The van der Waals surface area contributed by atoms with Gasteiger partial charge < -0.3 is 19.9 Å². The quantitative estimate of drug-likeness (QED) is 0.221. The van der Waals surface area contributed by atoms with Gasteiger partial charge in [-0.3, -0.25) is 0 Å². The third-order valence-corrected chi connectivity index (χ3v) is 5.04. The zero-order valence-electron chi connectivity index (χ0n) is 16.7. The minimum atomic E-state index is 0. The highest BCUT2D eigenvalue weighted by Gasteiger charge is 2.07. The maximum absolute atomic E-state index is 6.20. The van der Waals surface area contributed by atoms with E-state index in [1.807, 2.05) is 48.5 Å². The Hall–Kier alpha value is -1.20. The van der Waals surface area contributed by atoms with Gasteiger partial charge in [-0.15, -0.1) is 34.2 Å². The summed E-state index contributed by atoms with van der Waals surface area (Å²) >= 11 is 8.03. The number of aromatic nitrogens is 3. The van der Waals surface area contributed by atoms with Crippen LogP contribution in [0.25, 0.3) is 0 Å². The summed E-state index contributed by atoms with van der Waals surface area (Å²) in [5.74, 6) is 4.25. The van der Waals surface area contributed by atoms with Crippen molar-refractivity contribution < 1.29 is 4.74 Å². The van der Waals surface area contributed by atoms with Crippen molar-refractivity contribution in [2.75, 3.05) is 25.7 Å². The van der Waals surface area contributed by atoms with Gasteiger partial charge in [-0.1, -0.05) is 17.7 Å². The van der Waals surface area contributed by atoms with Crippen LogP contribution >= 0.6 is 47.3 Å². The third-order valence-electron chi connectivity index (χ3n) is 4.05. The Labute approximate surface area is 193 Å². The molecular weight excluding hydrogens is 511 g/mol. The monoisotopic (exact) mass is 538 g/mol. The van der Waals surface area contributed by atoms with Crippen LogP contribution < -0.4 is 15.4 Å². The Morgan fingerprint density at radius 2 is 2.11 bits per heavy atom. The van der Waals surface area contributed by atoms with E-state index < -0.39 is 0 Å². The highest BCUT2D eigenvalue weighted by Crippen LogP contribution is 2.25. The summed E-state index contributed by atoms with van der Waals surface area (Å²) in [6.45, 7) is 3.85. The van der Waals surface area contributed by atoms with Crippen molar-refractivity contribution in [1.29, 1.82) is 0 Å². The summed E-state index contributed by atoms with van der Waals surface area (Å²) < 4.78 is 7.15. The minimum Gasteiger partial charge on any atom is -0.495 e. The van der Waals surface area contributed by atoms with E-state index in [0.29, 0.717) is 23.9 Å². The number of benzene rings is 1. The van der Waals surface area contributed by atoms with Gasteiger partial charge in [0.2, 0.25) is 0 Å². The fourth-order valence-electron chi connectivity index (χ4n) is 2.34. The summed E-state index contributed by atoms with van der Waals surface area (Å²) in [4.78, 5) is 4.67. The lowest BCUT2D eigenvalue weighted by Crippen LogP contribution is -2.38. The molecule has 156 valence electrons. The topological polar surface area (TPSA) is 76.4 Å². The fraction of sp³-hybridized carbons (Fsp3) is 0.500. The van der Waals surface area contributed by atoms with Crippen LogP contribution in [0.1, 0.15) is 23.6 Å². The van der Waals surface area contributed by atoms with E-state index in [1.54, 1.807) is 7.11 Å². The van der Waals surface area contributed by atoms with Crippen LogP contribution in [-0.4, -0.2) is 46.4 Å². The van der Waals surface area contributed by atoms with Crippen LogP contribution in [0.5, 0.6) is 5.75 Å². The SMILES string of the molecule is COc1ccc(CN=C(NCCCSC)NCc2nnc(C)n2C)cc1Cl.I. The molecule has 0 bridgehead atoms. The van der Waals surface area contributed by atoms with Gasteiger partial charge in [0, 0.05) is 13.6 Å². The zero-order valence-corrected chi connectivity index (χ0v) is 20.6. The number of rotatable bonds is 9. The molecule has 28 heavy (non-hydrogen) atoms. The minimum absolute atomic E-state index is 0. The van der Waals surface area contributed by atoms with E-state index in [0.717, 1.165) is 41.9 Å². The molecule has 2 aromatic rings. The van der Waals surface area contributed by atoms with Crippen LogP contribution in [0.15, 0.2) is 23.2 Å². The molecule has 10 heteroatoms.